The molecule has 1 aliphatic rings. The zero-order valence-corrected chi connectivity index (χ0v) is 20.7. The van der Waals surface area contributed by atoms with Gasteiger partial charge in [0.2, 0.25) is 15.8 Å². The minimum absolute atomic E-state index is 0.000929. The molecule has 2 aromatic rings. The van der Waals surface area contributed by atoms with Crippen LogP contribution in [0.3, 0.4) is 0 Å². The Balaban J connectivity index is 1.97. The number of hydrogen-bond acceptors (Lipinski definition) is 8. The molecule has 3 atom stereocenters. The van der Waals surface area contributed by atoms with Crippen LogP contribution in [0.4, 0.5) is 5.69 Å². The summed E-state index contributed by atoms with van der Waals surface area (Å²) in [4.78, 5) is 27.1. The Kier molecular flexibility index (Phi) is 7.95. The quantitative estimate of drug-likeness (QED) is 0.679. The summed E-state index contributed by atoms with van der Waals surface area (Å²) in [7, 11) is -0.347. The van der Waals surface area contributed by atoms with Crippen molar-refractivity contribution in [2.45, 2.75) is 26.0 Å². The van der Waals surface area contributed by atoms with Crippen LogP contribution in [0.1, 0.15) is 34.8 Å². The molecule has 2 amide bonds. The zero-order chi connectivity index (χ0) is 25.0. The molecule has 2 heterocycles. The van der Waals surface area contributed by atoms with Gasteiger partial charge >= 0.3 is 0 Å². The topological polar surface area (TPSA) is 131 Å². The number of ether oxygens (including phenoxy) is 2. The molecule has 0 saturated carbocycles. The lowest BCUT2D eigenvalue weighted by atomic mass is 10.0. The second kappa shape index (κ2) is 10.5. The Morgan fingerprint density at radius 1 is 1.24 bits per heavy atom. The Morgan fingerprint density at radius 2 is 1.97 bits per heavy atom. The number of carbonyl (C=O) groups excluding carboxylic acids is 2. The number of methoxy groups -OCH3 is 1. The number of anilines is 1. The van der Waals surface area contributed by atoms with E-state index < -0.39 is 22.0 Å². The first-order valence-corrected chi connectivity index (χ1v) is 12.6. The van der Waals surface area contributed by atoms with Crippen LogP contribution in [0.5, 0.6) is 5.75 Å². The minimum atomic E-state index is -3.54. The summed E-state index contributed by atoms with van der Waals surface area (Å²) in [5.41, 5.74) is 0.653. The number of fused-ring (bicyclic) bond motifs is 1. The molecule has 186 valence electrons. The summed E-state index contributed by atoms with van der Waals surface area (Å²) in [5.74, 6) is -0.727. The highest BCUT2D eigenvalue weighted by Gasteiger charge is 2.32. The van der Waals surface area contributed by atoms with Gasteiger partial charge < -0.3 is 24.2 Å². The van der Waals surface area contributed by atoms with E-state index in [2.05, 4.69) is 10.5 Å². The van der Waals surface area contributed by atoms with Gasteiger partial charge in [0, 0.05) is 45.1 Å². The monoisotopic (exact) mass is 494 g/mol. The van der Waals surface area contributed by atoms with Crippen molar-refractivity contribution in [3.05, 3.63) is 41.8 Å². The predicted octanol–water partition coefficient (Wildman–Crippen LogP) is 1.69. The molecule has 1 N–H and O–H groups in total. The second-order valence-corrected chi connectivity index (χ2v) is 10.4. The molecule has 11 nitrogen and oxygen atoms in total. The van der Waals surface area contributed by atoms with Gasteiger partial charge in [-0.1, -0.05) is 12.1 Å². The third-order valence-corrected chi connectivity index (χ3v) is 7.10. The van der Waals surface area contributed by atoms with Gasteiger partial charge in [-0.15, -0.1) is 0 Å². The van der Waals surface area contributed by atoms with Crippen molar-refractivity contribution in [3.63, 3.8) is 0 Å². The number of hydrogen-bond donors (Lipinski definition) is 1. The van der Waals surface area contributed by atoms with Gasteiger partial charge in [-0.25, -0.2) is 8.42 Å². The molecular formula is C22H30N4O7S. The lowest BCUT2D eigenvalue weighted by Crippen LogP contribution is -2.48. The van der Waals surface area contributed by atoms with Crippen molar-refractivity contribution < 1.29 is 32.0 Å². The Labute approximate surface area is 199 Å². The summed E-state index contributed by atoms with van der Waals surface area (Å²) < 4.78 is 42.8. The first-order valence-electron chi connectivity index (χ1n) is 10.7. The molecule has 0 bridgehead atoms. The van der Waals surface area contributed by atoms with E-state index in [1.165, 1.54) is 27.5 Å². The smallest absolute Gasteiger partial charge is 0.294 e. The minimum Gasteiger partial charge on any atom is -0.491 e. The van der Waals surface area contributed by atoms with E-state index in [0.717, 1.165) is 6.26 Å². The standard InChI is InChI=1S/C22H30N4O7S/c1-14-11-26(34(5,29)30)15(2)13-32-19-10-16(24-21(27)18-8-9-23-33-18)6-7-17(19)22(28)25(3)12-20(14)31-4/h6-10,14-15,20H,11-13H2,1-5H3,(H,24,27)/t14-,15-,20-/m1/s1. The van der Waals surface area contributed by atoms with E-state index in [-0.39, 0.29) is 54.7 Å². The molecule has 0 unspecified atom stereocenters. The number of sulfonamides is 1. The lowest BCUT2D eigenvalue weighted by molar-refractivity contribution is 0.0213. The third-order valence-electron chi connectivity index (χ3n) is 5.74. The number of nitrogens with zero attached hydrogens (tertiary/aromatic N) is 3. The highest BCUT2D eigenvalue weighted by Crippen LogP contribution is 2.27. The molecule has 3 rings (SSSR count). The second-order valence-electron chi connectivity index (χ2n) is 8.47. The van der Waals surface area contributed by atoms with E-state index in [1.54, 1.807) is 33.2 Å². The Morgan fingerprint density at radius 3 is 2.59 bits per heavy atom. The molecule has 0 aliphatic carbocycles. The number of carbonyl (C=O) groups is 2. The predicted molar refractivity (Wildman–Crippen MR) is 124 cm³/mol. The maximum absolute atomic E-state index is 13.2. The molecule has 0 spiro atoms. The van der Waals surface area contributed by atoms with Crippen LogP contribution in [0.25, 0.3) is 0 Å². The van der Waals surface area contributed by atoms with Crippen LogP contribution in [0.15, 0.2) is 35.0 Å². The number of aromatic nitrogens is 1. The van der Waals surface area contributed by atoms with Crippen molar-refractivity contribution in [1.29, 1.82) is 0 Å². The number of amides is 2. The van der Waals surface area contributed by atoms with Crippen molar-refractivity contribution in [1.82, 2.24) is 14.4 Å². The van der Waals surface area contributed by atoms with Crippen molar-refractivity contribution in [2.24, 2.45) is 5.92 Å². The van der Waals surface area contributed by atoms with Crippen LogP contribution >= 0.6 is 0 Å². The fourth-order valence-corrected chi connectivity index (χ4v) is 5.02. The number of likely N-dealkylation sites (N-methyl/N-ethyl adjacent to an activating group) is 1. The molecule has 1 aliphatic heterocycles. The fourth-order valence-electron chi connectivity index (χ4n) is 3.80. The molecule has 34 heavy (non-hydrogen) atoms. The normalized spacial score (nSPS) is 22.8. The van der Waals surface area contributed by atoms with Gasteiger partial charge in [-0.05, 0) is 25.0 Å². The largest absolute Gasteiger partial charge is 0.491 e. The first-order chi connectivity index (χ1) is 16.0. The van der Waals surface area contributed by atoms with E-state index >= 15 is 0 Å². The Hall–Kier alpha value is -2.96. The van der Waals surface area contributed by atoms with Gasteiger partial charge in [-0.2, -0.15) is 4.31 Å². The van der Waals surface area contributed by atoms with Crippen molar-refractivity contribution >= 4 is 27.5 Å². The van der Waals surface area contributed by atoms with E-state index in [1.807, 2.05) is 6.92 Å². The molecule has 0 radical (unpaired) electrons. The zero-order valence-electron chi connectivity index (χ0n) is 19.8. The summed E-state index contributed by atoms with van der Waals surface area (Å²) in [6, 6.07) is 5.57. The van der Waals surface area contributed by atoms with Crippen LogP contribution in [-0.4, -0.2) is 86.8 Å². The number of nitrogens with one attached hydrogen (secondary N) is 1. The van der Waals surface area contributed by atoms with E-state index in [0.29, 0.717) is 5.69 Å². The van der Waals surface area contributed by atoms with Gasteiger partial charge in [0.25, 0.3) is 11.8 Å². The van der Waals surface area contributed by atoms with Crippen molar-refractivity contribution in [2.75, 3.05) is 45.4 Å². The maximum Gasteiger partial charge on any atom is 0.294 e. The molecule has 1 aromatic heterocycles. The van der Waals surface area contributed by atoms with Gasteiger partial charge in [0.1, 0.15) is 12.4 Å². The average Bonchev–Trinajstić information content (AvgIpc) is 3.32. The highest BCUT2D eigenvalue weighted by molar-refractivity contribution is 7.88. The first kappa shape index (κ1) is 25.7. The molecule has 0 saturated heterocycles. The molecular weight excluding hydrogens is 464 g/mol. The number of benzene rings is 1. The maximum atomic E-state index is 13.2. The Bertz CT molecular complexity index is 1120. The SMILES string of the molecule is CO[C@@H]1CN(C)C(=O)c2ccc(NC(=O)c3ccno3)cc2OC[C@@H](C)N(S(C)(=O)=O)C[C@H]1C. The van der Waals surface area contributed by atoms with Crippen molar-refractivity contribution in [3.8, 4) is 5.75 Å². The fraction of sp³-hybridized carbons (Fsp3) is 0.500. The van der Waals surface area contributed by atoms with Crippen LogP contribution in [0.2, 0.25) is 0 Å². The summed E-state index contributed by atoms with van der Waals surface area (Å²) in [6.45, 7) is 4.10. The highest BCUT2D eigenvalue weighted by atomic mass is 32.2. The molecule has 1 aromatic carbocycles. The molecule has 0 fully saturated rings. The molecule has 12 heteroatoms. The lowest BCUT2D eigenvalue weighted by Gasteiger charge is -2.34. The van der Waals surface area contributed by atoms with Crippen LogP contribution in [0, 0.1) is 5.92 Å². The van der Waals surface area contributed by atoms with Gasteiger partial charge in [0.15, 0.2) is 0 Å². The summed E-state index contributed by atoms with van der Waals surface area (Å²) >= 11 is 0. The average molecular weight is 495 g/mol. The van der Waals surface area contributed by atoms with Gasteiger partial charge in [0.05, 0.1) is 30.2 Å². The number of rotatable bonds is 4. The van der Waals surface area contributed by atoms with E-state index in [9.17, 15) is 18.0 Å². The van der Waals surface area contributed by atoms with Gasteiger partial charge in [-0.3, -0.25) is 9.59 Å². The summed E-state index contributed by atoms with van der Waals surface area (Å²) in [5, 5.41) is 6.18. The van der Waals surface area contributed by atoms with Crippen LogP contribution in [-0.2, 0) is 14.8 Å². The van der Waals surface area contributed by atoms with E-state index in [4.69, 9.17) is 14.0 Å². The van der Waals surface area contributed by atoms with Crippen LogP contribution < -0.4 is 10.1 Å². The third kappa shape index (κ3) is 5.93. The summed E-state index contributed by atoms with van der Waals surface area (Å²) in [6.07, 6.45) is 2.13.